The van der Waals surface area contributed by atoms with Crippen LogP contribution in [0.15, 0.2) is 94.3 Å². The van der Waals surface area contributed by atoms with E-state index in [1.165, 1.54) is 0 Å². The minimum Gasteiger partial charge on any atom is -0.480 e. The molecule has 16 heteroatoms. The highest BCUT2D eigenvalue weighted by molar-refractivity contribution is 7.86. The number of anilines is 1. The molecule has 14 nitrogen and oxygen atoms in total. The van der Waals surface area contributed by atoms with Crippen molar-refractivity contribution in [2.45, 2.75) is 39.2 Å². The Labute approximate surface area is 289 Å². The molecule has 5 rings (SSSR count). The second-order valence-electron chi connectivity index (χ2n) is 11.8. The monoisotopic (exact) mass is 729 g/mol. The van der Waals surface area contributed by atoms with Gasteiger partial charge < -0.3 is 23.9 Å². The number of carboxylic acid groups (broad SMARTS) is 1. The van der Waals surface area contributed by atoms with Gasteiger partial charge in [0.05, 0.1) is 29.9 Å². The Morgan fingerprint density at radius 2 is 1.66 bits per heavy atom. The Bertz CT molecular complexity index is 2130. The van der Waals surface area contributed by atoms with E-state index >= 15 is 0 Å². The number of esters is 1. The molecular formula is C34H37N2O12S2+. The standard InChI is InChI=1S/C34H36N2O12S2/c1-2-46-33(39)34(32(37)38)22-24(13-15-30-35(17-7-19-49(40,41)42)26-9-3-5-11-28(26)47-30)21-25(23-34)14-16-31-36(18-8-20-50(43,44)45)27-10-4-6-12-29(27)48-31/h3-6,9-16,21H,2,7-8,17-20,22-23H2,1H3,(H2-,37,38,40,41,42,43,44,45)/p+1. The Kier molecular flexibility index (Phi) is 11.0. The van der Waals surface area contributed by atoms with Crippen LogP contribution in [-0.2, 0) is 41.1 Å². The van der Waals surface area contributed by atoms with Crippen molar-refractivity contribution in [3.63, 3.8) is 0 Å². The third-order valence-corrected chi connectivity index (χ3v) is 9.79. The second-order valence-corrected chi connectivity index (χ2v) is 15.0. The number of aromatic nitrogens is 1. The summed E-state index contributed by atoms with van der Waals surface area (Å²) in [5.41, 5.74) is 0.843. The summed E-state index contributed by atoms with van der Waals surface area (Å²) in [6.45, 7) is 1.94. The molecule has 50 heavy (non-hydrogen) atoms. The number of carbonyl (C=O) groups excluding carboxylic acids is 1. The highest BCUT2D eigenvalue weighted by Gasteiger charge is 2.50. The first-order valence-electron chi connectivity index (χ1n) is 15.8. The van der Waals surface area contributed by atoms with Crippen molar-refractivity contribution >= 4 is 55.0 Å². The van der Waals surface area contributed by atoms with E-state index in [0.717, 1.165) is 0 Å². The van der Waals surface area contributed by atoms with E-state index in [1.54, 1.807) is 95.3 Å². The Hall–Kier alpha value is -4.77. The number of para-hydroxylation sites is 4. The zero-order valence-electron chi connectivity index (χ0n) is 27.1. The van der Waals surface area contributed by atoms with E-state index in [9.17, 15) is 40.6 Å². The van der Waals surface area contributed by atoms with E-state index in [1.807, 2.05) is 0 Å². The van der Waals surface area contributed by atoms with Gasteiger partial charge in [-0.1, -0.05) is 36.4 Å². The minimum absolute atomic E-state index is 0.0288. The second kappa shape index (κ2) is 15.0. The van der Waals surface area contributed by atoms with Crippen molar-refractivity contribution in [1.29, 1.82) is 0 Å². The molecule has 0 saturated heterocycles. The molecule has 2 aromatic carbocycles. The van der Waals surface area contributed by atoms with E-state index < -0.39 is 49.1 Å². The summed E-state index contributed by atoms with van der Waals surface area (Å²) in [5.74, 6) is -1.99. The van der Waals surface area contributed by atoms with Crippen molar-refractivity contribution in [2.24, 2.45) is 5.41 Å². The van der Waals surface area contributed by atoms with Gasteiger partial charge in [0.1, 0.15) is 0 Å². The summed E-state index contributed by atoms with van der Waals surface area (Å²) in [6, 6.07) is 14.2. The number of hydrogen-bond acceptors (Lipinski definition) is 10. The zero-order chi connectivity index (χ0) is 36.1. The Balaban J connectivity index is 1.52. The maximum absolute atomic E-state index is 13.3. The lowest BCUT2D eigenvalue weighted by Gasteiger charge is -2.31. The van der Waals surface area contributed by atoms with Gasteiger partial charge >= 0.3 is 17.8 Å². The number of aryl methyl sites for hydroxylation is 1. The van der Waals surface area contributed by atoms with Crippen molar-refractivity contribution in [2.75, 3.05) is 29.6 Å². The average Bonchev–Trinajstić information content (AvgIpc) is 3.59. The smallest absolute Gasteiger partial charge is 0.374 e. The van der Waals surface area contributed by atoms with Crippen LogP contribution in [0.3, 0.4) is 0 Å². The molecule has 1 aliphatic carbocycles. The quantitative estimate of drug-likeness (QED) is 0.0918. The molecular weight excluding hydrogens is 693 g/mol. The molecule has 1 aromatic heterocycles. The van der Waals surface area contributed by atoms with Gasteiger partial charge in [-0.15, -0.1) is 0 Å². The summed E-state index contributed by atoms with van der Waals surface area (Å²) in [7, 11) is -8.36. The van der Waals surface area contributed by atoms with Crippen LogP contribution in [0.5, 0.6) is 5.75 Å². The molecule has 1 aliphatic heterocycles. The zero-order valence-corrected chi connectivity index (χ0v) is 28.7. The van der Waals surface area contributed by atoms with Crippen molar-refractivity contribution in [3.8, 4) is 5.75 Å². The highest BCUT2D eigenvalue weighted by atomic mass is 32.2. The molecule has 0 spiro atoms. The summed E-state index contributed by atoms with van der Waals surface area (Å²) in [6.07, 6.45) is 8.00. The van der Waals surface area contributed by atoms with Gasteiger partial charge in [-0.25, -0.2) is 0 Å². The van der Waals surface area contributed by atoms with Crippen LogP contribution >= 0.6 is 0 Å². The van der Waals surface area contributed by atoms with Gasteiger partial charge in [0.2, 0.25) is 11.5 Å². The van der Waals surface area contributed by atoms with Gasteiger partial charge in [0.15, 0.2) is 17.7 Å². The van der Waals surface area contributed by atoms with Crippen LogP contribution in [0.25, 0.3) is 17.2 Å². The largest absolute Gasteiger partial charge is 0.480 e. The molecule has 266 valence electrons. The fraction of sp³-hybridized carbons (Fsp3) is 0.324. The molecule has 3 aromatic rings. The molecule has 1 unspecified atom stereocenters. The van der Waals surface area contributed by atoms with Gasteiger partial charge in [-0.05, 0) is 67.7 Å². The van der Waals surface area contributed by atoms with Gasteiger partial charge in [-0.3, -0.25) is 18.7 Å². The van der Waals surface area contributed by atoms with Gasteiger partial charge in [0, 0.05) is 19.0 Å². The SMILES string of the molecule is CCOC(=O)C1(C(=O)O)CC(/C=C/c2oc3ccccc3[n+]2CCCS(=O)(=O)O)=CC(=C/C=C2\Oc3ccccc3N2CCCS(=O)(=O)O)/C1. The van der Waals surface area contributed by atoms with Crippen LogP contribution in [0.1, 0.15) is 38.5 Å². The summed E-state index contributed by atoms with van der Waals surface area (Å²) >= 11 is 0. The van der Waals surface area contributed by atoms with Crippen LogP contribution in [0, 0.1) is 5.41 Å². The van der Waals surface area contributed by atoms with Gasteiger partial charge in [0.25, 0.3) is 25.8 Å². The predicted molar refractivity (Wildman–Crippen MR) is 182 cm³/mol. The number of allylic oxidation sites excluding steroid dienone is 6. The lowest BCUT2D eigenvalue weighted by molar-refractivity contribution is -0.677. The van der Waals surface area contributed by atoms with E-state index in [0.29, 0.717) is 45.5 Å². The van der Waals surface area contributed by atoms with Crippen LogP contribution in [0.4, 0.5) is 5.69 Å². The van der Waals surface area contributed by atoms with Gasteiger partial charge in [-0.2, -0.15) is 21.4 Å². The molecule has 3 N–H and O–H groups in total. The highest BCUT2D eigenvalue weighted by Crippen LogP contribution is 2.42. The molecule has 0 fully saturated rings. The number of carboxylic acids is 1. The van der Waals surface area contributed by atoms with Crippen LogP contribution in [-0.4, -0.2) is 67.6 Å². The van der Waals surface area contributed by atoms with E-state index in [-0.39, 0.29) is 45.4 Å². The summed E-state index contributed by atoms with van der Waals surface area (Å²) < 4.78 is 82.9. The van der Waals surface area contributed by atoms with Crippen molar-refractivity contribution in [3.05, 3.63) is 95.8 Å². The lowest BCUT2D eigenvalue weighted by atomic mass is 9.72. The first-order valence-corrected chi connectivity index (χ1v) is 19.0. The van der Waals surface area contributed by atoms with Crippen LogP contribution in [0.2, 0.25) is 0 Å². The van der Waals surface area contributed by atoms with E-state index in [4.69, 9.17) is 13.9 Å². The van der Waals surface area contributed by atoms with Crippen molar-refractivity contribution < 1.29 is 59.1 Å². The van der Waals surface area contributed by atoms with E-state index in [2.05, 4.69) is 0 Å². The number of carbonyl (C=O) groups is 2. The number of benzene rings is 2. The summed E-state index contributed by atoms with van der Waals surface area (Å²) in [5, 5.41) is 10.4. The first kappa shape index (κ1) is 36.5. The third-order valence-electron chi connectivity index (χ3n) is 8.18. The average molecular weight is 730 g/mol. The maximum Gasteiger partial charge on any atom is 0.374 e. The number of hydrogen-bond donors (Lipinski definition) is 3. The number of rotatable bonds is 14. The summed E-state index contributed by atoms with van der Waals surface area (Å²) in [4.78, 5) is 27.8. The molecule has 0 radical (unpaired) electrons. The van der Waals surface area contributed by atoms with Crippen LogP contribution < -0.4 is 14.2 Å². The Morgan fingerprint density at radius 1 is 0.960 bits per heavy atom. The third kappa shape index (κ3) is 8.68. The molecule has 0 bridgehead atoms. The number of aliphatic carboxylic acids is 1. The maximum atomic E-state index is 13.3. The molecule has 2 heterocycles. The molecule has 0 saturated carbocycles. The molecule has 2 aliphatic rings. The lowest BCUT2D eigenvalue weighted by Crippen LogP contribution is -2.42. The molecule has 0 amide bonds. The normalized spacial score (nSPS) is 19.6. The predicted octanol–water partition coefficient (Wildman–Crippen LogP) is 4.31. The molecule has 1 atom stereocenters. The number of ether oxygens (including phenoxy) is 2. The first-order chi connectivity index (χ1) is 23.7. The fourth-order valence-corrected chi connectivity index (χ4v) is 6.94. The Morgan fingerprint density at radius 3 is 2.38 bits per heavy atom. The van der Waals surface area contributed by atoms with Crippen molar-refractivity contribution in [1.82, 2.24) is 0 Å². The number of oxazole rings is 1. The number of fused-ring (bicyclic) bond motifs is 2. The topological polar surface area (TPSA) is 202 Å². The fourth-order valence-electron chi connectivity index (χ4n) is 5.95. The minimum atomic E-state index is -4.18. The number of nitrogens with zero attached hydrogens (tertiary/aromatic N) is 2.